The molecule has 0 aliphatic carbocycles. The van der Waals surface area contributed by atoms with Gasteiger partial charge in [0.2, 0.25) is 6.41 Å². The van der Waals surface area contributed by atoms with E-state index >= 15 is 0 Å². The second-order valence-electron chi connectivity index (χ2n) is 2.85. The fourth-order valence-corrected chi connectivity index (χ4v) is 0.799. The molecule has 0 heterocycles. The van der Waals surface area contributed by atoms with Gasteiger partial charge in [0.25, 0.3) is 0 Å². The Labute approximate surface area is 76.4 Å². The summed E-state index contributed by atoms with van der Waals surface area (Å²) in [6.07, 6.45) is 0.243. The van der Waals surface area contributed by atoms with Gasteiger partial charge in [-0.2, -0.15) is 0 Å². The average Bonchev–Trinajstić information content (AvgIpc) is 2.02. The fourth-order valence-electron chi connectivity index (χ4n) is 0.799. The van der Waals surface area contributed by atoms with E-state index in [1.165, 1.54) is 21.1 Å². The van der Waals surface area contributed by atoms with Crippen LogP contribution >= 0.6 is 0 Å². The third kappa shape index (κ3) is 5.15. The topological polar surface area (TPSA) is 78.9 Å². The Bertz CT molecular complexity index is 193. The molecule has 6 nitrogen and oxygen atoms in total. The third-order valence-electron chi connectivity index (χ3n) is 1.29. The first-order valence-electron chi connectivity index (χ1n) is 3.66. The van der Waals surface area contributed by atoms with Gasteiger partial charge >= 0.3 is 5.97 Å². The van der Waals surface area contributed by atoms with Crippen LogP contribution in [-0.2, 0) is 14.3 Å². The largest absolute Gasteiger partial charge is 0.469 e. The molecule has 0 aliphatic rings. The van der Waals surface area contributed by atoms with Gasteiger partial charge in [-0.25, -0.2) is 5.43 Å². The molecule has 0 bridgehead atoms. The highest BCUT2D eigenvalue weighted by Crippen LogP contribution is 2.05. The van der Waals surface area contributed by atoms with E-state index in [0.717, 1.165) is 5.01 Å². The number of nitrogens with one attached hydrogen (secondary N) is 1. The van der Waals surface area contributed by atoms with Crippen LogP contribution in [0.1, 0.15) is 13.3 Å². The van der Waals surface area contributed by atoms with E-state index in [0.29, 0.717) is 6.41 Å². The molecule has 2 N–H and O–H groups in total. The lowest BCUT2D eigenvalue weighted by molar-refractivity contribution is -0.151. The van der Waals surface area contributed by atoms with Crippen molar-refractivity contribution in [2.24, 2.45) is 0 Å². The Kier molecular flexibility index (Phi) is 4.36. The summed E-state index contributed by atoms with van der Waals surface area (Å²) >= 11 is 0. The maximum absolute atomic E-state index is 10.8. The third-order valence-corrected chi connectivity index (χ3v) is 1.29. The molecule has 6 heteroatoms. The fraction of sp³-hybridized carbons (Fsp3) is 0.714. The van der Waals surface area contributed by atoms with Crippen molar-refractivity contribution in [3.63, 3.8) is 0 Å². The Hall–Kier alpha value is -1.14. The van der Waals surface area contributed by atoms with Crippen molar-refractivity contribution < 1.29 is 19.4 Å². The van der Waals surface area contributed by atoms with Crippen LogP contribution in [0.25, 0.3) is 0 Å². The number of carbonyl (C=O) groups is 2. The highest BCUT2D eigenvalue weighted by molar-refractivity contribution is 5.70. The van der Waals surface area contributed by atoms with Crippen molar-refractivity contribution in [3.05, 3.63) is 0 Å². The first-order chi connectivity index (χ1) is 5.91. The molecule has 0 fully saturated rings. The lowest BCUT2D eigenvalue weighted by atomic mass is 10.2. The first-order valence-corrected chi connectivity index (χ1v) is 3.66. The van der Waals surface area contributed by atoms with E-state index in [9.17, 15) is 14.7 Å². The monoisotopic (exact) mass is 190 g/mol. The molecule has 0 aliphatic heterocycles. The molecular weight excluding hydrogens is 176 g/mol. The second kappa shape index (κ2) is 4.78. The van der Waals surface area contributed by atoms with E-state index in [2.05, 4.69) is 10.2 Å². The van der Waals surface area contributed by atoms with E-state index < -0.39 is 11.7 Å². The van der Waals surface area contributed by atoms with Gasteiger partial charge in [0.15, 0.2) is 0 Å². The zero-order valence-electron chi connectivity index (χ0n) is 7.90. The summed E-state index contributed by atoms with van der Waals surface area (Å²) in [6, 6.07) is 0. The predicted molar refractivity (Wildman–Crippen MR) is 44.2 cm³/mol. The minimum absolute atomic E-state index is 0.234. The van der Waals surface area contributed by atoms with Crippen LogP contribution in [0.5, 0.6) is 0 Å². The van der Waals surface area contributed by atoms with Crippen molar-refractivity contribution in [3.8, 4) is 0 Å². The number of amides is 1. The molecular formula is C7H14N2O4. The van der Waals surface area contributed by atoms with Gasteiger partial charge in [-0.15, -0.1) is 0 Å². The molecule has 0 saturated heterocycles. The van der Waals surface area contributed by atoms with Crippen molar-refractivity contribution in [2.45, 2.75) is 19.1 Å². The standard InChI is InChI=1S/C7H14N2O4/c1-7(12,4-6(11)13-3)8-9(2)5-10/h5,8,12H,4H2,1-3H3. The van der Waals surface area contributed by atoms with Crippen molar-refractivity contribution in [1.82, 2.24) is 10.4 Å². The number of methoxy groups -OCH3 is 1. The number of ether oxygens (including phenoxy) is 1. The van der Waals surface area contributed by atoms with Crippen LogP contribution in [-0.4, -0.2) is 42.4 Å². The van der Waals surface area contributed by atoms with Gasteiger partial charge < -0.3 is 9.84 Å². The minimum Gasteiger partial charge on any atom is -0.469 e. The molecule has 0 rings (SSSR count). The maximum atomic E-state index is 10.8. The van der Waals surface area contributed by atoms with Crippen molar-refractivity contribution in [1.29, 1.82) is 0 Å². The number of nitrogens with zero attached hydrogens (tertiary/aromatic N) is 1. The lowest BCUT2D eigenvalue weighted by Gasteiger charge is -2.27. The Balaban J connectivity index is 4.06. The zero-order valence-corrected chi connectivity index (χ0v) is 7.90. The molecule has 1 unspecified atom stereocenters. The first kappa shape index (κ1) is 11.9. The van der Waals surface area contributed by atoms with Gasteiger partial charge in [-0.05, 0) is 6.92 Å². The van der Waals surface area contributed by atoms with Crippen LogP contribution in [0, 0.1) is 0 Å². The van der Waals surface area contributed by atoms with Crippen LogP contribution in [0.4, 0.5) is 0 Å². The summed E-state index contributed by atoms with van der Waals surface area (Å²) in [5, 5.41) is 10.5. The maximum Gasteiger partial charge on any atom is 0.309 e. The molecule has 0 saturated carbocycles. The molecule has 0 radical (unpaired) electrons. The number of rotatable bonds is 5. The summed E-state index contributed by atoms with van der Waals surface area (Å²) in [7, 11) is 2.64. The van der Waals surface area contributed by atoms with Gasteiger partial charge in [0, 0.05) is 7.05 Å². The number of carbonyl (C=O) groups excluding carboxylic acids is 2. The SMILES string of the molecule is COC(=O)CC(C)(O)NN(C)C=O. The Morgan fingerprint density at radius 1 is 1.77 bits per heavy atom. The summed E-state index contributed by atoms with van der Waals surface area (Å²) in [5.74, 6) is -0.559. The van der Waals surface area contributed by atoms with Gasteiger partial charge in [0.05, 0.1) is 13.5 Å². The van der Waals surface area contributed by atoms with E-state index in [4.69, 9.17) is 0 Å². The number of hydrogen-bond donors (Lipinski definition) is 2. The molecule has 0 aromatic rings. The van der Waals surface area contributed by atoms with Gasteiger partial charge in [0.1, 0.15) is 5.72 Å². The quantitative estimate of drug-likeness (QED) is 0.248. The van der Waals surface area contributed by atoms with E-state index in [1.54, 1.807) is 0 Å². The van der Waals surface area contributed by atoms with Gasteiger partial charge in [-0.3, -0.25) is 14.6 Å². The summed E-state index contributed by atoms with van der Waals surface area (Å²) < 4.78 is 4.36. The number of hydrazine groups is 1. The summed E-state index contributed by atoms with van der Waals surface area (Å²) in [6.45, 7) is 1.36. The van der Waals surface area contributed by atoms with Crippen molar-refractivity contribution >= 4 is 12.4 Å². The molecule has 0 aromatic carbocycles. The zero-order chi connectivity index (χ0) is 10.5. The average molecular weight is 190 g/mol. The lowest BCUT2D eigenvalue weighted by Crippen LogP contribution is -2.51. The molecule has 1 atom stereocenters. The normalized spacial score (nSPS) is 14.5. The molecule has 13 heavy (non-hydrogen) atoms. The van der Waals surface area contributed by atoms with E-state index in [1.807, 2.05) is 0 Å². The Morgan fingerprint density at radius 2 is 2.31 bits per heavy atom. The van der Waals surface area contributed by atoms with Crippen LogP contribution < -0.4 is 5.43 Å². The summed E-state index contributed by atoms with van der Waals surface area (Å²) in [4.78, 5) is 20.9. The van der Waals surface area contributed by atoms with E-state index in [-0.39, 0.29) is 6.42 Å². The molecule has 1 amide bonds. The summed E-state index contributed by atoms with van der Waals surface area (Å²) in [5.41, 5.74) is 0.908. The minimum atomic E-state index is -1.48. The highest BCUT2D eigenvalue weighted by Gasteiger charge is 2.25. The molecule has 0 aromatic heterocycles. The predicted octanol–water partition coefficient (Wildman–Crippen LogP) is -1.15. The molecule has 0 spiro atoms. The Morgan fingerprint density at radius 3 is 2.69 bits per heavy atom. The number of esters is 1. The molecule has 76 valence electrons. The van der Waals surface area contributed by atoms with Crippen LogP contribution in [0.3, 0.4) is 0 Å². The van der Waals surface area contributed by atoms with Crippen LogP contribution in [0.15, 0.2) is 0 Å². The van der Waals surface area contributed by atoms with Crippen molar-refractivity contribution in [2.75, 3.05) is 14.2 Å². The van der Waals surface area contributed by atoms with Gasteiger partial charge in [-0.1, -0.05) is 0 Å². The number of hydrogen-bond acceptors (Lipinski definition) is 5. The number of aliphatic hydroxyl groups is 1. The smallest absolute Gasteiger partial charge is 0.309 e. The second-order valence-corrected chi connectivity index (χ2v) is 2.85. The van der Waals surface area contributed by atoms with Crippen LogP contribution in [0.2, 0.25) is 0 Å². The highest BCUT2D eigenvalue weighted by atomic mass is 16.5.